The number of amides is 1. The monoisotopic (exact) mass is 402 g/mol. The summed E-state index contributed by atoms with van der Waals surface area (Å²) in [6.45, 7) is -0.0448. The van der Waals surface area contributed by atoms with E-state index < -0.39 is 5.97 Å². The molecule has 0 spiro atoms. The standard InChI is InChI=1S/C24H22N2O4/c27-13-16-12-19-17-8-4-5-9-20(17)25-22(19)21-11-10-18(23(28)26(16)21)24(29)30-14-15-6-2-1-3-7-15/h1-10,16,21,25,27H,11-14H2/t16-,21+/m0/s1. The summed E-state index contributed by atoms with van der Waals surface area (Å²) in [7, 11) is 0. The summed E-state index contributed by atoms with van der Waals surface area (Å²) in [4.78, 5) is 31.0. The quantitative estimate of drug-likeness (QED) is 0.519. The Morgan fingerprint density at radius 2 is 1.90 bits per heavy atom. The minimum Gasteiger partial charge on any atom is -0.457 e. The van der Waals surface area contributed by atoms with Gasteiger partial charge in [0.05, 0.1) is 18.7 Å². The van der Waals surface area contributed by atoms with Gasteiger partial charge in [-0.05, 0) is 30.0 Å². The second-order valence-corrected chi connectivity index (χ2v) is 7.75. The van der Waals surface area contributed by atoms with E-state index >= 15 is 0 Å². The summed E-state index contributed by atoms with van der Waals surface area (Å²) < 4.78 is 5.38. The molecule has 2 N–H and O–H groups in total. The van der Waals surface area contributed by atoms with Gasteiger partial charge in [0.15, 0.2) is 0 Å². The molecule has 0 radical (unpaired) electrons. The topological polar surface area (TPSA) is 82.6 Å². The lowest BCUT2D eigenvalue weighted by Gasteiger charge is -2.43. The predicted octanol–water partition coefficient (Wildman–Crippen LogP) is 3.03. The Kier molecular flexibility index (Phi) is 4.64. The van der Waals surface area contributed by atoms with E-state index in [0.717, 1.165) is 27.7 Å². The Morgan fingerprint density at radius 1 is 1.13 bits per heavy atom. The molecule has 0 bridgehead atoms. The highest BCUT2D eigenvalue weighted by Gasteiger charge is 2.43. The Hall–Kier alpha value is -3.38. The molecule has 6 nitrogen and oxygen atoms in total. The van der Waals surface area contributed by atoms with E-state index in [4.69, 9.17) is 4.74 Å². The van der Waals surface area contributed by atoms with Crippen molar-refractivity contribution in [2.75, 3.05) is 6.61 Å². The van der Waals surface area contributed by atoms with Crippen LogP contribution in [0.3, 0.4) is 0 Å². The number of rotatable bonds is 4. The summed E-state index contributed by atoms with van der Waals surface area (Å²) in [5.41, 5.74) is 4.05. The molecule has 0 saturated carbocycles. The van der Waals surface area contributed by atoms with Crippen molar-refractivity contribution in [3.63, 3.8) is 0 Å². The first-order valence-electron chi connectivity index (χ1n) is 10.1. The number of ether oxygens (including phenoxy) is 1. The van der Waals surface area contributed by atoms with Crippen LogP contribution in [-0.2, 0) is 27.4 Å². The van der Waals surface area contributed by atoms with Crippen LogP contribution in [0.1, 0.15) is 29.3 Å². The maximum Gasteiger partial charge on any atom is 0.343 e. The minimum atomic E-state index is -0.624. The van der Waals surface area contributed by atoms with Crippen molar-refractivity contribution in [2.24, 2.45) is 0 Å². The third kappa shape index (κ3) is 3.00. The zero-order valence-electron chi connectivity index (χ0n) is 16.4. The van der Waals surface area contributed by atoms with Gasteiger partial charge in [-0.1, -0.05) is 54.6 Å². The first-order valence-corrected chi connectivity index (χ1v) is 10.1. The average molecular weight is 402 g/mol. The van der Waals surface area contributed by atoms with Crippen LogP contribution in [0.4, 0.5) is 0 Å². The highest BCUT2D eigenvalue weighted by atomic mass is 16.5. The number of aromatic nitrogens is 1. The largest absolute Gasteiger partial charge is 0.457 e. The van der Waals surface area contributed by atoms with Crippen LogP contribution in [0.15, 0.2) is 66.2 Å². The van der Waals surface area contributed by atoms with Crippen molar-refractivity contribution in [3.8, 4) is 0 Å². The summed E-state index contributed by atoms with van der Waals surface area (Å²) >= 11 is 0. The van der Waals surface area contributed by atoms with E-state index in [2.05, 4.69) is 11.1 Å². The summed E-state index contributed by atoms with van der Waals surface area (Å²) in [6.07, 6.45) is 2.72. The van der Waals surface area contributed by atoms with Gasteiger partial charge in [0.2, 0.25) is 0 Å². The van der Waals surface area contributed by atoms with Gasteiger partial charge >= 0.3 is 5.97 Å². The van der Waals surface area contributed by atoms with Gasteiger partial charge in [0.25, 0.3) is 5.91 Å². The highest BCUT2D eigenvalue weighted by Crippen LogP contribution is 2.41. The number of aromatic amines is 1. The molecule has 30 heavy (non-hydrogen) atoms. The molecule has 2 aliphatic heterocycles. The number of H-pyrrole nitrogens is 1. The van der Waals surface area contributed by atoms with Crippen LogP contribution < -0.4 is 0 Å². The van der Waals surface area contributed by atoms with Crippen LogP contribution in [0.5, 0.6) is 0 Å². The number of hydrogen-bond donors (Lipinski definition) is 2. The number of aliphatic hydroxyl groups is 1. The fourth-order valence-corrected chi connectivity index (χ4v) is 4.57. The van der Waals surface area contributed by atoms with Gasteiger partial charge in [-0.15, -0.1) is 0 Å². The fourth-order valence-electron chi connectivity index (χ4n) is 4.57. The Bertz CT molecular complexity index is 1150. The van der Waals surface area contributed by atoms with Crippen molar-refractivity contribution in [3.05, 3.63) is 83.1 Å². The van der Waals surface area contributed by atoms with Gasteiger partial charge in [0.1, 0.15) is 12.2 Å². The van der Waals surface area contributed by atoms with Crippen molar-refractivity contribution in [1.82, 2.24) is 9.88 Å². The average Bonchev–Trinajstić information content (AvgIpc) is 3.16. The molecule has 2 aromatic carbocycles. The van der Waals surface area contributed by atoms with Crippen LogP contribution in [0, 0.1) is 0 Å². The zero-order valence-corrected chi connectivity index (χ0v) is 16.4. The SMILES string of the molecule is O=C(OCc1ccccc1)C1=CC[C@@H]2c3[nH]c4ccccc4c3C[C@@H](CO)N2C1=O. The van der Waals surface area contributed by atoms with Gasteiger partial charge < -0.3 is 19.7 Å². The number of fused-ring (bicyclic) bond motifs is 5. The van der Waals surface area contributed by atoms with Gasteiger partial charge in [0, 0.05) is 16.6 Å². The number of carbonyl (C=O) groups is 2. The molecular formula is C24H22N2O4. The molecular weight excluding hydrogens is 380 g/mol. The summed E-state index contributed by atoms with van der Waals surface area (Å²) in [5, 5.41) is 11.1. The molecule has 5 rings (SSSR count). The molecule has 152 valence electrons. The Morgan fingerprint density at radius 3 is 2.70 bits per heavy atom. The normalized spacial score (nSPS) is 20.5. The van der Waals surface area contributed by atoms with Crippen LogP contribution in [0.25, 0.3) is 10.9 Å². The molecule has 3 heterocycles. The fraction of sp³-hybridized carbons (Fsp3) is 0.250. The number of aliphatic hydroxyl groups excluding tert-OH is 1. The lowest BCUT2D eigenvalue weighted by atomic mass is 9.87. The van der Waals surface area contributed by atoms with Gasteiger partial charge in [-0.25, -0.2) is 4.79 Å². The van der Waals surface area contributed by atoms with E-state index in [1.165, 1.54) is 0 Å². The second-order valence-electron chi connectivity index (χ2n) is 7.75. The van der Waals surface area contributed by atoms with Crippen LogP contribution in [-0.4, -0.2) is 39.5 Å². The molecule has 2 atom stereocenters. The molecule has 1 amide bonds. The van der Waals surface area contributed by atoms with E-state index in [0.29, 0.717) is 12.8 Å². The molecule has 6 heteroatoms. The number of benzene rings is 2. The van der Waals surface area contributed by atoms with E-state index in [1.54, 1.807) is 11.0 Å². The number of para-hydroxylation sites is 1. The molecule has 2 aliphatic rings. The third-order valence-corrected chi connectivity index (χ3v) is 6.00. The van der Waals surface area contributed by atoms with Crippen LogP contribution >= 0.6 is 0 Å². The number of hydrogen-bond acceptors (Lipinski definition) is 4. The van der Waals surface area contributed by atoms with Crippen molar-refractivity contribution >= 4 is 22.8 Å². The first-order chi connectivity index (χ1) is 14.7. The van der Waals surface area contributed by atoms with Crippen molar-refractivity contribution in [2.45, 2.75) is 31.5 Å². The molecule has 0 fully saturated rings. The molecule has 0 saturated heterocycles. The highest BCUT2D eigenvalue weighted by molar-refractivity contribution is 6.17. The lowest BCUT2D eigenvalue weighted by molar-refractivity contribution is -0.146. The van der Waals surface area contributed by atoms with Crippen molar-refractivity contribution in [1.29, 1.82) is 0 Å². The smallest absolute Gasteiger partial charge is 0.343 e. The number of nitrogens with zero attached hydrogens (tertiary/aromatic N) is 1. The first kappa shape index (κ1) is 18.6. The molecule has 3 aromatic rings. The number of nitrogens with one attached hydrogen (secondary N) is 1. The van der Waals surface area contributed by atoms with Crippen molar-refractivity contribution < 1.29 is 19.4 Å². The third-order valence-electron chi connectivity index (χ3n) is 6.00. The maximum absolute atomic E-state index is 13.2. The molecule has 1 aromatic heterocycles. The Balaban J connectivity index is 1.44. The molecule has 0 unspecified atom stereocenters. The van der Waals surface area contributed by atoms with E-state index in [1.807, 2.05) is 48.5 Å². The summed E-state index contributed by atoms with van der Waals surface area (Å²) in [5.74, 6) is -1.01. The van der Waals surface area contributed by atoms with E-state index in [9.17, 15) is 14.7 Å². The van der Waals surface area contributed by atoms with Crippen LogP contribution in [0.2, 0.25) is 0 Å². The Labute approximate surface area is 173 Å². The predicted molar refractivity (Wildman–Crippen MR) is 111 cm³/mol. The van der Waals surface area contributed by atoms with Gasteiger partial charge in [-0.3, -0.25) is 4.79 Å². The van der Waals surface area contributed by atoms with E-state index in [-0.39, 0.29) is 36.8 Å². The molecule has 0 aliphatic carbocycles. The van der Waals surface area contributed by atoms with Gasteiger partial charge in [-0.2, -0.15) is 0 Å². The lowest BCUT2D eigenvalue weighted by Crippen LogP contribution is -2.51. The number of esters is 1. The maximum atomic E-state index is 13.2. The second kappa shape index (κ2) is 7.46. The zero-order chi connectivity index (χ0) is 20.7. The number of carbonyl (C=O) groups excluding carboxylic acids is 2. The summed E-state index contributed by atoms with van der Waals surface area (Å²) in [6, 6.07) is 16.8. The minimum absolute atomic E-state index is 0.0418.